The second-order valence-corrected chi connectivity index (χ2v) is 6.47. The van der Waals surface area contributed by atoms with Crippen LogP contribution in [0.25, 0.3) is 11.0 Å². The number of ether oxygens (including phenoxy) is 1. The number of carbonyl (C=O) groups excluding carboxylic acids is 1. The second kappa shape index (κ2) is 7.07. The molecule has 1 aliphatic heterocycles. The van der Waals surface area contributed by atoms with Gasteiger partial charge in [0.05, 0.1) is 19.2 Å². The van der Waals surface area contributed by atoms with Gasteiger partial charge in [-0.3, -0.25) is 4.79 Å². The molecule has 1 aliphatic rings. The van der Waals surface area contributed by atoms with E-state index in [4.69, 9.17) is 9.26 Å². The third-order valence-corrected chi connectivity index (χ3v) is 4.76. The third kappa shape index (κ3) is 3.22. The molecule has 6 heteroatoms. The summed E-state index contributed by atoms with van der Waals surface area (Å²) in [6.07, 6.45) is 1.13. The van der Waals surface area contributed by atoms with Crippen molar-refractivity contribution in [3.8, 4) is 5.75 Å². The van der Waals surface area contributed by atoms with Crippen LogP contribution in [0.4, 0.5) is 5.69 Å². The number of aromatic nitrogens is 1. The summed E-state index contributed by atoms with van der Waals surface area (Å²) < 4.78 is 10.7. The standard InChI is InChI=1S/C20H21N3O3/c1-25-19-9-5-3-7-17(19)23-11-10-14(13-23)21-20(24)12-16-15-6-2-4-8-18(15)26-22-16/h2-9,14H,10-13H2,1H3,(H,21,24). The van der Waals surface area contributed by atoms with Crippen LogP contribution >= 0.6 is 0 Å². The predicted octanol–water partition coefficient (Wildman–Crippen LogP) is 2.77. The van der Waals surface area contributed by atoms with Crippen molar-refractivity contribution in [2.75, 3.05) is 25.1 Å². The fourth-order valence-electron chi connectivity index (χ4n) is 3.48. The molecule has 0 radical (unpaired) electrons. The molecular formula is C20H21N3O3. The largest absolute Gasteiger partial charge is 0.495 e. The van der Waals surface area contributed by atoms with Gasteiger partial charge in [-0.2, -0.15) is 0 Å². The van der Waals surface area contributed by atoms with Gasteiger partial charge in [0.15, 0.2) is 5.58 Å². The molecule has 6 nitrogen and oxygen atoms in total. The Morgan fingerprint density at radius 3 is 2.96 bits per heavy atom. The zero-order valence-corrected chi connectivity index (χ0v) is 14.6. The quantitative estimate of drug-likeness (QED) is 0.766. The van der Waals surface area contributed by atoms with Gasteiger partial charge in [0.1, 0.15) is 11.4 Å². The maximum Gasteiger partial charge on any atom is 0.226 e. The highest BCUT2D eigenvalue weighted by molar-refractivity contribution is 5.86. The lowest BCUT2D eigenvalue weighted by Crippen LogP contribution is -2.38. The molecule has 1 N–H and O–H groups in total. The first-order chi connectivity index (χ1) is 12.7. The molecule has 0 bridgehead atoms. The van der Waals surface area contributed by atoms with E-state index in [2.05, 4.69) is 15.4 Å². The number of para-hydroxylation sites is 3. The van der Waals surface area contributed by atoms with E-state index in [-0.39, 0.29) is 18.4 Å². The summed E-state index contributed by atoms with van der Waals surface area (Å²) in [6.45, 7) is 1.66. The molecule has 2 aromatic carbocycles. The number of amides is 1. The van der Waals surface area contributed by atoms with Crippen molar-refractivity contribution in [2.45, 2.75) is 18.9 Å². The van der Waals surface area contributed by atoms with Gasteiger partial charge in [0.2, 0.25) is 5.91 Å². The molecule has 1 atom stereocenters. The molecule has 1 saturated heterocycles. The molecule has 0 saturated carbocycles. The molecule has 2 heterocycles. The molecule has 0 aliphatic carbocycles. The van der Waals surface area contributed by atoms with Crippen LogP contribution in [0.15, 0.2) is 53.1 Å². The zero-order valence-electron chi connectivity index (χ0n) is 14.6. The molecule has 1 fully saturated rings. The normalized spacial score (nSPS) is 16.8. The molecule has 0 spiro atoms. The minimum Gasteiger partial charge on any atom is -0.495 e. The van der Waals surface area contributed by atoms with Crippen LogP contribution in [0, 0.1) is 0 Å². The Morgan fingerprint density at radius 1 is 1.27 bits per heavy atom. The summed E-state index contributed by atoms with van der Waals surface area (Å²) in [7, 11) is 1.68. The van der Waals surface area contributed by atoms with Gasteiger partial charge in [-0.05, 0) is 30.7 Å². The van der Waals surface area contributed by atoms with Gasteiger partial charge < -0.3 is 19.5 Å². The maximum atomic E-state index is 12.4. The number of anilines is 1. The van der Waals surface area contributed by atoms with Crippen LogP contribution < -0.4 is 15.0 Å². The van der Waals surface area contributed by atoms with E-state index in [0.29, 0.717) is 11.3 Å². The topological polar surface area (TPSA) is 67.6 Å². The number of benzene rings is 2. The average molecular weight is 351 g/mol. The van der Waals surface area contributed by atoms with Gasteiger partial charge in [0, 0.05) is 24.5 Å². The molecular weight excluding hydrogens is 330 g/mol. The number of fused-ring (bicyclic) bond motifs is 1. The molecule has 26 heavy (non-hydrogen) atoms. The first-order valence-corrected chi connectivity index (χ1v) is 8.75. The fourth-order valence-corrected chi connectivity index (χ4v) is 3.48. The second-order valence-electron chi connectivity index (χ2n) is 6.47. The SMILES string of the molecule is COc1ccccc1N1CCC(NC(=O)Cc2noc3ccccc23)C1. The smallest absolute Gasteiger partial charge is 0.226 e. The summed E-state index contributed by atoms with van der Waals surface area (Å²) >= 11 is 0. The Bertz CT molecular complexity index is 921. The summed E-state index contributed by atoms with van der Waals surface area (Å²) in [5.41, 5.74) is 2.45. The average Bonchev–Trinajstić information content (AvgIpc) is 3.29. The summed E-state index contributed by atoms with van der Waals surface area (Å²) in [4.78, 5) is 14.7. The van der Waals surface area contributed by atoms with E-state index in [1.165, 1.54) is 0 Å². The van der Waals surface area contributed by atoms with E-state index in [1.54, 1.807) is 7.11 Å². The predicted molar refractivity (Wildman–Crippen MR) is 99.5 cm³/mol. The highest BCUT2D eigenvalue weighted by Gasteiger charge is 2.26. The van der Waals surface area contributed by atoms with Gasteiger partial charge in [-0.15, -0.1) is 0 Å². The molecule has 4 rings (SSSR count). The third-order valence-electron chi connectivity index (χ3n) is 4.76. The van der Waals surface area contributed by atoms with Gasteiger partial charge in [-0.1, -0.05) is 29.4 Å². The summed E-state index contributed by atoms with van der Waals surface area (Å²) in [5.74, 6) is 0.824. The number of rotatable bonds is 5. The molecule has 1 aromatic heterocycles. The first kappa shape index (κ1) is 16.4. The lowest BCUT2D eigenvalue weighted by molar-refractivity contribution is -0.121. The first-order valence-electron chi connectivity index (χ1n) is 8.75. The van der Waals surface area contributed by atoms with E-state index < -0.39 is 0 Å². The lowest BCUT2D eigenvalue weighted by Gasteiger charge is -2.21. The molecule has 3 aromatic rings. The number of hydrogen-bond donors (Lipinski definition) is 1. The summed E-state index contributed by atoms with van der Waals surface area (Å²) in [5, 5.41) is 8.04. The Hall–Kier alpha value is -3.02. The zero-order chi connectivity index (χ0) is 17.9. The monoisotopic (exact) mass is 351 g/mol. The lowest BCUT2D eigenvalue weighted by atomic mass is 10.1. The Balaban J connectivity index is 1.38. The van der Waals surface area contributed by atoms with Gasteiger partial charge in [-0.25, -0.2) is 0 Å². The molecule has 1 unspecified atom stereocenters. The van der Waals surface area contributed by atoms with Crippen molar-refractivity contribution >= 4 is 22.6 Å². The van der Waals surface area contributed by atoms with Crippen LogP contribution in [-0.2, 0) is 11.2 Å². The van der Waals surface area contributed by atoms with E-state index in [0.717, 1.165) is 36.3 Å². The van der Waals surface area contributed by atoms with Crippen LogP contribution in [0.2, 0.25) is 0 Å². The van der Waals surface area contributed by atoms with Crippen molar-refractivity contribution in [1.82, 2.24) is 10.5 Å². The Labute approximate surface area is 151 Å². The molecule has 134 valence electrons. The van der Waals surface area contributed by atoms with Crippen molar-refractivity contribution in [3.63, 3.8) is 0 Å². The number of methoxy groups -OCH3 is 1. The Kier molecular flexibility index (Phi) is 4.48. The van der Waals surface area contributed by atoms with Crippen molar-refractivity contribution < 1.29 is 14.1 Å². The van der Waals surface area contributed by atoms with Crippen LogP contribution in [0.5, 0.6) is 5.75 Å². The highest BCUT2D eigenvalue weighted by Crippen LogP contribution is 2.30. The Morgan fingerprint density at radius 2 is 2.08 bits per heavy atom. The van der Waals surface area contributed by atoms with E-state index >= 15 is 0 Å². The van der Waals surface area contributed by atoms with Crippen LogP contribution in [0.3, 0.4) is 0 Å². The summed E-state index contributed by atoms with van der Waals surface area (Å²) in [6, 6.07) is 15.7. The number of nitrogens with one attached hydrogen (secondary N) is 1. The molecule has 1 amide bonds. The number of carbonyl (C=O) groups is 1. The van der Waals surface area contributed by atoms with E-state index in [9.17, 15) is 4.79 Å². The minimum atomic E-state index is -0.0315. The van der Waals surface area contributed by atoms with Crippen molar-refractivity contribution in [2.24, 2.45) is 0 Å². The minimum absolute atomic E-state index is 0.0315. The van der Waals surface area contributed by atoms with Crippen molar-refractivity contribution in [1.29, 1.82) is 0 Å². The van der Waals surface area contributed by atoms with Gasteiger partial charge >= 0.3 is 0 Å². The number of hydrogen-bond acceptors (Lipinski definition) is 5. The van der Waals surface area contributed by atoms with Gasteiger partial charge in [0.25, 0.3) is 0 Å². The van der Waals surface area contributed by atoms with E-state index in [1.807, 2.05) is 48.5 Å². The van der Waals surface area contributed by atoms with Crippen LogP contribution in [-0.4, -0.2) is 37.3 Å². The highest BCUT2D eigenvalue weighted by atomic mass is 16.5. The number of nitrogens with zero attached hydrogens (tertiary/aromatic N) is 2. The fraction of sp³-hybridized carbons (Fsp3) is 0.300. The van der Waals surface area contributed by atoms with Crippen LogP contribution in [0.1, 0.15) is 12.1 Å². The van der Waals surface area contributed by atoms with Crippen molar-refractivity contribution in [3.05, 3.63) is 54.2 Å². The maximum absolute atomic E-state index is 12.4.